The third-order valence-corrected chi connectivity index (χ3v) is 5.32. The molecule has 0 aliphatic carbocycles. The van der Waals surface area contributed by atoms with Crippen LogP contribution in [-0.2, 0) is 5.41 Å². The number of aromatic nitrogens is 3. The number of thiazole rings is 1. The number of aryl methyl sites for hydroxylation is 1. The number of azo groups is 1. The molecule has 28 heavy (non-hydrogen) atoms. The molecule has 0 spiro atoms. The van der Waals surface area contributed by atoms with Crippen molar-refractivity contribution in [1.29, 1.82) is 0 Å². The monoisotopic (exact) mass is 391 g/mol. The summed E-state index contributed by atoms with van der Waals surface area (Å²) in [7, 11) is 0. The third-order valence-electron chi connectivity index (χ3n) is 4.49. The molecule has 0 unspecified atom stereocenters. The molecule has 2 heterocycles. The molecular weight excluding hydrogens is 370 g/mol. The van der Waals surface area contributed by atoms with Crippen LogP contribution in [0.4, 0.5) is 11.4 Å². The maximum Gasteiger partial charge on any atom is 0.301 e. The van der Waals surface area contributed by atoms with Crippen molar-refractivity contribution in [2.24, 2.45) is 10.2 Å². The maximum atomic E-state index is 12.8. The zero-order valence-corrected chi connectivity index (χ0v) is 17.0. The van der Waals surface area contributed by atoms with Crippen LogP contribution in [0.25, 0.3) is 15.9 Å². The molecule has 2 aromatic carbocycles. The predicted molar refractivity (Wildman–Crippen MR) is 114 cm³/mol. The Morgan fingerprint density at radius 2 is 1.82 bits per heavy atom. The highest BCUT2D eigenvalue weighted by atomic mass is 32.1. The topological polar surface area (TPSA) is 75.4 Å². The summed E-state index contributed by atoms with van der Waals surface area (Å²) in [6.45, 7) is 8.10. The van der Waals surface area contributed by atoms with E-state index in [1.807, 2.05) is 54.8 Å². The minimum atomic E-state index is -0.253. The lowest BCUT2D eigenvalue weighted by molar-refractivity contribution is 0.571. The molecule has 0 atom stereocenters. The highest BCUT2D eigenvalue weighted by Crippen LogP contribution is 2.26. The van der Waals surface area contributed by atoms with E-state index in [0.717, 1.165) is 16.5 Å². The first-order chi connectivity index (χ1) is 13.3. The molecule has 2 aromatic heterocycles. The van der Waals surface area contributed by atoms with E-state index in [9.17, 15) is 4.79 Å². The zero-order valence-electron chi connectivity index (χ0n) is 16.2. The normalized spacial score (nSPS) is 12.3. The van der Waals surface area contributed by atoms with Gasteiger partial charge < -0.3 is 0 Å². The summed E-state index contributed by atoms with van der Waals surface area (Å²) in [6.07, 6.45) is 0. The van der Waals surface area contributed by atoms with Gasteiger partial charge in [0, 0.05) is 10.8 Å². The molecule has 142 valence electrons. The molecule has 0 aliphatic heterocycles. The molecule has 4 rings (SSSR count). The summed E-state index contributed by atoms with van der Waals surface area (Å²) in [5, 5.41) is 16.4. The average molecular weight is 392 g/mol. The standard InChI is InChI=1S/C21H21N5OS/c1-13-18(24-23-16-10-9-14-7-5-6-8-15(14)11-16)19(27)26(25-13)20-22-17(12-28-20)21(2,3)4/h5-12,25H,1-4H3. The van der Waals surface area contributed by atoms with Crippen LogP contribution in [0.2, 0.25) is 0 Å². The van der Waals surface area contributed by atoms with Crippen molar-refractivity contribution in [3.8, 4) is 5.13 Å². The van der Waals surface area contributed by atoms with E-state index in [2.05, 4.69) is 41.1 Å². The van der Waals surface area contributed by atoms with E-state index in [4.69, 9.17) is 0 Å². The van der Waals surface area contributed by atoms with Crippen molar-refractivity contribution >= 4 is 33.5 Å². The van der Waals surface area contributed by atoms with Gasteiger partial charge >= 0.3 is 5.56 Å². The molecule has 0 radical (unpaired) electrons. The Kier molecular flexibility index (Phi) is 4.47. The van der Waals surface area contributed by atoms with Gasteiger partial charge in [0.15, 0.2) is 5.69 Å². The van der Waals surface area contributed by atoms with Crippen molar-refractivity contribution in [3.05, 3.63) is 69.6 Å². The minimum Gasteiger partial charge on any atom is -0.291 e. The van der Waals surface area contributed by atoms with E-state index in [1.54, 1.807) is 0 Å². The molecule has 7 heteroatoms. The fraction of sp³-hybridized carbons (Fsp3) is 0.238. The van der Waals surface area contributed by atoms with Crippen molar-refractivity contribution in [1.82, 2.24) is 14.8 Å². The molecule has 0 fully saturated rings. The van der Waals surface area contributed by atoms with Gasteiger partial charge in [-0.05, 0) is 29.8 Å². The van der Waals surface area contributed by atoms with Gasteiger partial charge in [0.05, 0.1) is 17.1 Å². The Bertz CT molecular complexity index is 1240. The number of fused-ring (bicyclic) bond motifs is 1. The van der Waals surface area contributed by atoms with Gasteiger partial charge in [-0.25, -0.2) is 4.98 Å². The molecule has 0 amide bonds. The first-order valence-corrected chi connectivity index (χ1v) is 9.89. The summed E-state index contributed by atoms with van der Waals surface area (Å²) in [5.74, 6) is 0. The second-order valence-corrected chi connectivity index (χ2v) is 8.56. The van der Waals surface area contributed by atoms with Gasteiger partial charge in [0.1, 0.15) is 0 Å². The van der Waals surface area contributed by atoms with E-state index in [0.29, 0.717) is 22.2 Å². The van der Waals surface area contributed by atoms with E-state index in [1.165, 1.54) is 16.0 Å². The van der Waals surface area contributed by atoms with Crippen LogP contribution in [0.5, 0.6) is 0 Å². The van der Waals surface area contributed by atoms with Gasteiger partial charge in [-0.15, -0.1) is 16.5 Å². The molecule has 4 aromatic rings. The van der Waals surface area contributed by atoms with Crippen LogP contribution in [0.3, 0.4) is 0 Å². The summed E-state index contributed by atoms with van der Waals surface area (Å²) in [4.78, 5) is 17.4. The molecule has 1 N–H and O–H groups in total. The number of hydrogen-bond acceptors (Lipinski definition) is 5. The van der Waals surface area contributed by atoms with Crippen LogP contribution >= 0.6 is 11.3 Å². The molecule has 0 saturated heterocycles. The summed E-state index contributed by atoms with van der Waals surface area (Å²) in [6, 6.07) is 13.9. The highest BCUT2D eigenvalue weighted by molar-refractivity contribution is 7.12. The lowest BCUT2D eigenvalue weighted by atomic mass is 9.93. The van der Waals surface area contributed by atoms with E-state index in [-0.39, 0.29) is 11.0 Å². The summed E-state index contributed by atoms with van der Waals surface area (Å²) in [5.41, 5.74) is 2.28. The fourth-order valence-corrected chi connectivity index (χ4v) is 3.86. The Morgan fingerprint density at radius 1 is 1.07 bits per heavy atom. The van der Waals surface area contributed by atoms with Crippen LogP contribution in [0.1, 0.15) is 32.2 Å². The summed E-state index contributed by atoms with van der Waals surface area (Å²) < 4.78 is 1.43. The number of hydrogen-bond donors (Lipinski definition) is 1. The fourth-order valence-electron chi connectivity index (χ4n) is 2.85. The number of rotatable bonds is 3. The van der Waals surface area contributed by atoms with E-state index >= 15 is 0 Å². The van der Waals surface area contributed by atoms with Crippen molar-refractivity contribution in [2.45, 2.75) is 33.1 Å². The number of nitrogens with one attached hydrogen (secondary N) is 1. The molecule has 0 aliphatic rings. The first kappa shape index (κ1) is 18.3. The van der Waals surface area contributed by atoms with Crippen molar-refractivity contribution in [2.75, 3.05) is 0 Å². The maximum absolute atomic E-state index is 12.8. The number of benzene rings is 2. The van der Waals surface area contributed by atoms with Crippen LogP contribution in [0.15, 0.2) is 62.9 Å². The molecule has 0 saturated carbocycles. The lowest BCUT2D eigenvalue weighted by Crippen LogP contribution is -2.16. The van der Waals surface area contributed by atoms with Gasteiger partial charge in [0.2, 0.25) is 5.13 Å². The third kappa shape index (κ3) is 3.41. The smallest absolute Gasteiger partial charge is 0.291 e. The largest absolute Gasteiger partial charge is 0.301 e. The zero-order chi connectivity index (χ0) is 19.9. The van der Waals surface area contributed by atoms with Crippen LogP contribution < -0.4 is 5.56 Å². The Hall–Kier alpha value is -3.06. The first-order valence-electron chi connectivity index (χ1n) is 9.01. The van der Waals surface area contributed by atoms with Crippen molar-refractivity contribution < 1.29 is 0 Å². The lowest BCUT2D eigenvalue weighted by Gasteiger charge is -2.13. The summed E-state index contributed by atoms with van der Waals surface area (Å²) >= 11 is 1.43. The van der Waals surface area contributed by atoms with E-state index < -0.39 is 0 Å². The number of aromatic amines is 1. The van der Waals surface area contributed by atoms with Crippen LogP contribution in [-0.4, -0.2) is 14.8 Å². The Labute approximate surface area is 166 Å². The van der Waals surface area contributed by atoms with Gasteiger partial charge in [-0.2, -0.15) is 9.80 Å². The Morgan fingerprint density at radius 3 is 2.54 bits per heavy atom. The second-order valence-electron chi connectivity index (χ2n) is 7.72. The number of nitrogens with zero attached hydrogens (tertiary/aromatic N) is 4. The van der Waals surface area contributed by atoms with Gasteiger partial charge in [-0.3, -0.25) is 9.89 Å². The second kappa shape index (κ2) is 6.83. The van der Waals surface area contributed by atoms with Crippen LogP contribution in [0, 0.1) is 6.92 Å². The van der Waals surface area contributed by atoms with Crippen molar-refractivity contribution in [3.63, 3.8) is 0 Å². The number of H-pyrrole nitrogens is 1. The molecule has 0 bridgehead atoms. The predicted octanol–water partition coefficient (Wildman–Crippen LogP) is 5.80. The molecular formula is C21H21N5OS. The SMILES string of the molecule is Cc1[nH]n(-c2nc(C(C)(C)C)cs2)c(=O)c1N=Nc1ccc2ccccc2c1. The van der Waals surface area contributed by atoms with Gasteiger partial charge in [-0.1, -0.05) is 51.1 Å². The van der Waals surface area contributed by atoms with Gasteiger partial charge in [0.25, 0.3) is 0 Å². The average Bonchev–Trinajstić information content (AvgIpc) is 3.25. The highest BCUT2D eigenvalue weighted by Gasteiger charge is 2.20. The minimum absolute atomic E-state index is 0.0708. The molecule has 6 nitrogen and oxygen atoms in total. The Balaban J connectivity index is 1.68. The quantitative estimate of drug-likeness (QED) is 0.448.